The summed E-state index contributed by atoms with van der Waals surface area (Å²) in [6, 6.07) is 0.303. The number of thiophene rings is 1. The third-order valence-corrected chi connectivity index (χ3v) is 8.08. The van der Waals surface area contributed by atoms with E-state index in [4.69, 9.17) is 4.98 Å². The van der Waals surface area contributed by atoms with Crippen LogP contribution in [0.15, 0.2) is 9.95 Å². The lowest BCUT2D eigenvalue weighted by molar-refractivity contribution is -0.119. The normalized spacial score (nSPS) is 22.6. The summed E-state index contributed by atoms with van der Waals surface area (Å²) in [5.74, 6) is 1.12. The number of aromatic nitrogens is 2. The Bertz CT molecular complexity index is 910. The number of fused-ring (bicyclic) bond motifs is 3. The lowest BCUT2D eigenvalue weighted by atomic mass is 9.87. The van der Waals surface area contributed by atoms with E-state index in [2.05, 4.69) is 12.2 Å². The molecule has 2 aliphatic rings. The van der Waals surface area contributed by atoms with Crippen molar-refractivity contribution in [2.75, 3.05) is 5.75 Å². The van der Waals surface area contributed by atoms with Crippen LogP contribution < -0.4 is 10.9 Å². The molecule has 0 aliphatic heterocycles. The van der Waals surface area contributed by atoms with Gasteiger partial charge in [-0.2, -0.15) is 0 Å². The van der Waals surface area contributed by atoms with E-state index in [-0.39, 0.29) is 11.5 Å². The summed E-state index contributed by atoms with van der Waals surface area (Å²) in [5.41, 5.74) is 1.25. The molecule has 2 aliphatic carbocycles. The Hall–Kier alpha value is -1.34. The van der Waals surface area contributed by atoms with E-state index in [1.807, 2.05) is 0 Å². The molecule has 7 heteroatoms. The van der Waals surface area contributed by atoms with E-state index < -0.39 is 0 Å². The van der Waals surface area contributed by atoms with E-state index in [1.165, 1.54) is 41.5 Å². The van der Waals surface area contributed by atoms with E-state index in [0.717, 1.165) is 48.2 Å². The molecule has 0 atom stereocenters. The lowest BCUT2D eigenvalue weighted by Gasteiger charge is -2.26. The van der Waals surface area contributed by atoms with Crippen molar-refractivity contribution < 1.29 is 4.79 Å². The van der Waals surface area contributed by atoms with Gasteiger partial charge in [0.05, 0.1) is 11.1 Å². The molecular weight excluding hydrogens is 378 g/mol. The van der Waals surface area contributed by atoms with Crippen LogP contribution in [0.4, 0.5) is 0 Å². The molecule has 5 nitrogen and oxygen atoms in total. The molecule has 4 rings (SSSR count). The molecule has 1 N–H and O–H groups in total. The van der Waals surface area contributed by atoms with Crippen LogP contribution in [0.1, 0.15) is 55.9 Å². The lowest BCUT2D eigenvalue weighted by Crippen LogP contribution is -2.38. The largest absolute Gasteiger partial charge is 0.353 e. The van der Waals surface area contributed by atoms with Gasteiger partial charge >= 0.3 is 0 Å². The summed E-state index contributed by atoms with van der Waals surface area (Å²) in [6.45, 7) is 2.28. The number of amides is 1. The number of nitrogens with one attached hydrogen (secondary N) is 1. The molecule has 1 amide bonds. The summed E-state index contributed by atoms with van der Waals surface area (Å²) in [6.07, 6.45) is 8.91. The molecule has 2 heterocycles. The van der Waals surface area contributed by atoms with Gasteiger partial charge in [-0.15, -0.1) is 11.3 Å². The summed E-state index contributed by atoms with van der Waals surface area (Å²) in [5, 5.41) is 4.59. The molecule has 1 fully saturated rings. The number of hydrogen-bond acceptors (Lipinski definition) is 5. The topological polar surface area (TPSA) is 64.0 Å². The Kier molecular flexibility index (Phi) is 5.60. The number of hydrogen-bond donors (Lipinski definition) is 1. The number of thioether (sulfide) groups is 1. The van der Waals surface area contributed by atoms with Gasteiger partial charge in [-0.1, -0.05) is 18.7 Å². The molecule has 0 saturated heterocycles. The predicted octanol–water partition coefficient (Wildman–Crippen LogP) is 3.66. The van der Waals surface area contributed by atoms with Crippen LogP contribution in [0.3, 0.4) is 0 Å². The molecule has 0 unspecified atom stereocenters. The van der Waals surface area contributed by atoms with Gasteiger partial charge in [-0.05, 0) is 62.8 Å². The average molecular weight is 406 g/mol. The van der Waals surface area contributed by atoms with Crippen molar-refractivity contribution >= 4 is 39.2 Å². The minimum absolute atomic E-state index is 0.0311. The Labute approximate surface area is 167 Å². The van der Waals surface area contributed by atoms with Crippen LogP contribution in [0, 0.1) is 5.92 Å². The number of nitrogens with zero attached hydrogens (tertiary/aromatic N) is 2. The fourth-order valence-corrected chi connectivity index (χ4v) is 6.29. The minimum Gasteiger partial charge on any atom is -0.353 e. The van der Waals surface area contributed by atoms with E-state index >= 15 is 0 Å². The summed E-state index contributed by atoms with van der Waals surface area (Å²) in [7, 11) is 1.77. The minimum atomic E-state index is 0.0311. The van der Waals surface area contributed by atoms with Crippen molar-refractivity contribution in [3.63, 3.8) is 0 Å². The third kappa shape index (κ3) is 3.94. The first-order chi connectivity index (χ1) is 13.0. The standard InChI is InChI=1S/C20H27N3O2S2/c1-12-7-9-13(10-8-12)21-16(24)11-26-20-22-18-17(19(25)23(20)2)14-5-3-4-6-15(14)27-18/h12-13H,3-11H2,1-2H3,(H,21,24). The molecule has 1 saturated carbocycles. The molecule has 0 bridgehead atoms. The predicted molar refractivity (Wildman–Crippen MR) is 112 cm³/mol. The number of carbonyl (C=O) groups is 1. The summed E-state index contributed by atoms with van der Waals surface area (Å²) < 4.78 is 1.62. The van der Waals surface area contributed by atoms with Gasteiger partial charge in [0, 0.05) is 18.0 Å². The highest BCUT2D eigenvalue weighted by Crippen LogP contribution is 2.34. The number of aryl methyl sites for hydroxylation is 2. The zero-order valence-electron chi connectivity index (χ0n) is 16.0. The molecule has 0 aromatic carbocycles. The number of carbonyl (C=O) groups excluding carboxylic acids is 1. The Morgan fingerprint density at radius 3 is 2.78 bits per heavy atom. The van der Waals surface area contributed by atoms with Crippen LogP contribution in [0.2, 0.25) is 0 Å². The van der Waals surface area contributed by atoms with Crippen LogP contribution in [-0.4, -0.2) is 27.3 Å². The second kappa shape index (κ2) is 7.95. The highest BCUT2D eigenvalue weighted by Gasteiger charge is 2.22. The second-order valence-electron chi connectivity index (χ2n) is 7.96. The molecule has 27 heavy (non-hydrogen) atoms. The average Bonchev–Trinajstić information content (AvgIpc) is 3.04. The van der Waals surface area contributed by atoms with Gasteiger partial charge in [-0.3, -0.25) is 14.2 Å². The fraction of sp³-hybridized carbons (Fsp3) is 0.650. The van der Waals surface area contributed by atoms with Crippen LogP contribution in [0.5, 0.6) is 0 Å². The third-order valence-electron chi connectivity index (χ3n) is 5.87. The van der Waals surface area contributed by atoms with Gasteiger partial charge in [0.25, 0.3) is 5.56 Å². The van der Waals surface area contributed by atoms with Gasteiger partial charge in [-0.25, -0.2) is 4.98 Å². The Balaban J connectivity index is 1.47. The molecule has 0 spiro atoms. The molecule has 0 radical (unpaired) electrons. The van der Waals surface area contributed by atoms with E-state index in [9.17, 15) is 9.59 Å². The van der Waals surface area contributed by atoms with Gasteiger partial charge in [0.2, 0.25) is 5.91 Å². The van der Waals surface area contributed by atoms with Crippen LogP contribution in [-0.2, 0) is 24.7 Å². The van der Waals surface area contributed by atoms with Crippen LogP contribution >= 0.6 is 23.1 Å². The van der Waals surface area contributed by atoms with Crippen molar-refractivity contribution in [1.82, 2.24) is 14.9 Å². The van der Waals surface area contributed by atoms with Gasteiger partial charge in [0.15, 0.2) is 5.16 Å². The van der Waals surface area contributed by atoms with Gasteiger partial charge in [0.1, 0.15) is 4.83 Å². The van der Waals surface area contributed by atoms with E-state index in [0.29, 0.717) is 17.0 Å². The Morgan fingerprint density at radius 2 is 2.00 bits per heavy atom. The zero-order chi connectivity index (χ0) is 19.0. The first kappa shape index (κ1) is 19.0. The highest BCUT2D eigenvalue weighted by molar-refractivity contribution is 7.99. The van der Waals surface area contributed by atoms with E-state index in [1.54, 1.807) is 23.0 Å². The van der Waals surface area contributed by atoms with Crippen molar-refractivity contribution in [3.8, 4) is 0 Å². The molecular formula is C20H27N3O2S2. The quantitative estimate of drug-likeness (QED) is 0.623. The second-order valence-corrected chi connectivity index (χ2v) is 9.99. The van der Waals surface area contributed by atoms with Crippen molar-refractivity contribution in [1.29, 1.82) is 0 Å². The highest BCUT2D eigenvalue weighted by atomic mass is 32.2. The van der Waals surface area contributed by atoms with Crippen molar-refractivity contribution in [2.45, 2.75) is 69.5 Å². The first-order valence-corrected chi connectivity index (χ1v) is 11.8. The smallest absolute Gasteiger partial charge is 0.262 e. The maximum Gasteiger partial charge on any atom is 0.262 e. The molecule has 2 aromatic heterocycles. The van der Waals surface area contributed by atoms with Crippen molar-refractivity contribution in [3.05, 3.63) is 20.8 Å². The van der Waals surface area contributed by atoms with Crippen LogP contribution in [0.25, 0.3) is 10.2 Å². The van der Waals surface area contributed by atoms with Crippen molar-refractivity contribution in [2.24, 2.45) is 13.0 Å². The van der Waals surface area contributed by atoms with Gasteiger partial charge < -0.3 is 5.32 Å². The fourth-order valence-electron chi connectivity index (χ4n) is 4.20. The number of rotatable bonds is 4. The molecule has 2 aromatic rings. The summed E-state index contributed by atoms with van der Waals surface area (Å²) >= 11 is 3.03. The zero-order valence-corrected chi connectivity index (χ0v) is 17.7. The maximum absolute atomic E-state index is 12.9. The molecule has 146 valence electrons. The summed E-state index contributed by atoms with van der Waals surface area (Å²) in [4.78, 5) is 32.1. The monoisotopic (exact) mass is 405 g/mol. The Morgan fingerprint density at radius 1 is 1.26 bits per heavy atom. The SMILES string of the molecule is CC1CCC(NC(=O)CSc2nc3sc4c(c3c(=O)n2C)CCCC4)CC1. The maximum atomic E-state index is 12.9. The first-order valence-electron chi connectivity index (χ1n) is 9.96.